The van der Waals surface area contributed by atoms with Gasteiger partial charge in [0.2, 0.25) is 0 Å². The van der Waals surface area contributed by atoms with Crippen LogP contribution in [0.4, 0.5) is 0 Å². The molecule has 0 aromatic heterocycles. The topological polar surface area (TPSA) is 35.2 Å². The van der Waals surface area contributed by atoms with E-state index in [2.05, 4.69) is 6.58 Å². The summed E-state index contributed by atoms with van der Waals surface area (Å²) in [6.45, 7) is 3.57. The third-order valence-corrected chi connectivity index (χ3v) is 1.16. The molecule has 2 nitrogen and oxygen atoms in total. The number of allylic oxidation sites excluding steroid dienone is 2. The molecule has 1 atom stereocenters. The van der Waals surface area contributed by atoms with Crippen LogP contribution in [0.15, 0.2) is 36.6 Å². The molecule has 1 heterocycles. The van der Waals surface area contributed by atoms with Crippen molar-refractivity contribution in [2.45, 2.75) is 6.23 Å². The molecule has 0 aromatic carbocycles. The molecule has 0 spiro atoms. The normalized spacial score (nSPS) is 24.6. The van der Waals surface area contributed by atoms with Gasteiger partial charge in [0.1, 0.15) is 0 Å². The lowest BCUT2D eigenvalue weighted by Gasteiger charge is -2.14. The maximum Gasteiger partial charge on any atom is 0.173 e. The predicted molar refractivity (Wildman–Crippen MR) is 36.5 cm³/mol. The van der Waals surface area contributed by atoms with Crippen molar-refractivity contribution in [3.05, 3.63) is 36.6 Å². The van der Waals surface area contributed by atoms with Gasteiger partial charge in [0.05, 0.1) is 6.26 Å². The number of ether oxygens (including phenoxy) is 1. The van der Waals surface area contributed by atoms with Gasteiger partial charge in [0, 0.05) is 5.57 Å². The number of hydrogen-bond donors (Lipinski definition) is 1. The Balaban J connectivity index is 2.74. The summed E-state index contributed by atoms with van der Waals surface area (Å²) in [6.07, 6.45) is 6.60. The molecule has 0 saturated heterocycles. The van der Waals surface area contributed by atoms with Crippen LogP contribution in [-0.4, -0.2) is 6.23 Å². The van der Waals surface area contributed by atoms with E-state index in [1.54, 1.807) is 18.4 Å². The Hall–Kier alpha value is -1.02. The van der Waals surface area contributed by atoms with Crippen LogP contribution in [0.3, 0.4) is 0 Å². The van der Waals surface area contributed by atoms with Crippen LogP contribution in [0, 0.1) is 0 Å². The molecule has 1 aliphatic heterocycles. The first-order valence-corrected chi connectivity index (χ1v) is 2.75. The van der Waals surface area contributed by atoms with Gasteiger partial charge >= 0.3 is 0 Å². The predicted octanol–water partition coefficient (Wildman–Crippen LogP) is 0.927. The molecule has 0 radical (unpaired) electrons. The number of rotatable bonds is 1. The molecular formula is C7H9NO. The Morgan fingerprint density at radius 2 is 2.56 bits per heavy atom. The Kier molecular flexibility index (Phi) is 1.70. The number of nitrogens with two attached hydrogens (primary N) is 1. The summed E-state index contributed by atoms with van der Waals surface area (Å²) in [7, 11) is 0. The second-order valence-corrected chi connectivity index (χ2v) is 1.76. The van der Waals surface area contributed by atoms with Gasteiger partial charge in [-0.05, 0) is 6.08 Å². The highest BCUT2D eigenvalue weighted by Gasteiger charge is 2.05. The smallest absolute Gasteiger partial charge is 0.173 e. The van der Waals surface area contributed by atoms with Crippen LogP contribution in [0.1, 0.15) is 0 Å². The molecule has 0 bridgehead atoms. The Morgan fingerprint density at radius 1 is 1.78 bits per heavy atom. The molecule has 1 unspecified atom stereocenters. The summed E-state index contributed by atoms with van der Waals surface area (Å²) in [5.41, 5.74) is 6.39. The molecule has 1 aliphatic rings. The van der Waals surface area contributed by atoms with Gasteiger partial charge in [-0.3, -0.25) is 5.73 Å². The van der Waals surface area contributed by atoms with Crippen molar-refractivity contribution in [1.29, 1.82) is 0 Å². The lowest BCUT2D eigenvalue weighted by molar-refractivity contribution is 0.182. The Labute approximate surface area is 54.3 Å². The summed E-state index contributed by atoms with van der Waals surface area (Å²) in [4.78, 5) is 0. The first-order valence-electron chi connectivity index (χ1n) is 2.75. The van der Waals surface area contributed by atoms with Crippen molar-refractivity contribution in [2.75, 3.05) is 0 Å². The highest BCUT2D eigenvalue weighted by Crippen LogP contribution is 2.07. The van der Waals surface area contributed by atoms with Crippen molar-refractivity contribution >= 4 is 0 Å². The minimum atomic E-state index is -0.326. The quantitative estimate of drug-likeness (QED) is 0.563. The van der Waals surface area contributed by atoms with Crippen molar-refractivity contribution in [3.63, 3.8) is 0 Å². The van der Waals surface area contributed by atoms with E-state index in [1.165, 1.54) is 0 Å². The first-order chi connectivity index (χ1) is 4.34. The summed E-state index contributed by atoms with van der Waals surface area (Å²) in [5.74, 6) is 0. The highest BCUT2D eigenvalue weighted by molar-refractivity contribution is 5.26. The Morgan fingerprint density at radius 3 is 3.00 bits per heavy atom. The van der Waals surface area contributed by atoms with Crippen molar-refractivity contribution < 1.29 is 4.74 Å². The average molecular weight is 123 g/mol. The summed E-state index contributed by atoms with van der Waals surface area (Å²) in [6, 6.07) is 0. The van der Waals surface area contributed by atoms with E-state index in [-0.39, 0.29) is 6.23 Å². The van der Waals surface area contributed by atoms with Crippen LogP contribution in [-0.2, 0) is 4.74 Å². The SMILES string of the molecule is C=CC1=CC=COC1N. The van der Waals surface area contributed by atoms with Crippen molar-refractivity contribution in [1.82, 2.24) is 0 Å². The lowest BCUT2D eigenvalue weighted by atomic mass is 10.2. The van der Waals surface area contributed by atoms with Crippen LogP contribution >= 0.6 is 0 Å². The molecule has 9 heavy (non-hydrogen) atoms. The molecule has 2 N–H and O–H groups in total. The molecule has 2 heteroatoms. The first kappa shape index (κ1) is 6.11. The van der Waals surface area contributed by atoms with E-state index in [9.17, 15) is 0 Å². The molecule has 0 fully saturated rings. The van der Waals surface area contributed by atoms with E-state index in [0.717, 1.165) is 5.57 Å². The van der Waals surface area contributed by atoms with Crippen LogP contribution in [0.25, 0.3) is 0 Å². The van der Waals surface area contributed by atoms with E-state index < -0.39 is 0 Å². The molecule has 0 aromatic rings. The van der Waals surface area contributed by atoms with E-state index >= 15 is 0 Å². The van der Waals surface area contributed by atoms with Crippen molar-refractivity contribution in [2.24, 2.45) is 5.73 Å². The minimum Gasteiger partial charge on any atom is -0.479 e. The van der Waals surface area contributed by atoms with E-state index in [1.807, 2.05) is 6.08 Å². The maximum absolute atomic E-state index is 5.48. The third kappa shape index (κ3) is 1.21. The summed E-state index contributed by atoms with van der Waals surface area (Å²) >= 11 is 0. The van der Waals surface area contributed by atoms with Gasteiger partial charge in [-0.1, -0.05) is 18.7 Å². The monoisotopic (exact) mass is 123 g/mol. The fourth-order valence-corrected chi connectivity index (χ4v) is 0.638. The average Bonchev–Trinajstić information content (AvgIpc) is 1.89. The van der Waals surface area contributed by atoms with Gasteiger partial charge in [-0.15, -0.1) is 0 Å². The molecule has 48 valence electrons. The van der Waals surface area contributed by atoms with E-state index in [4.69, 9.17) is 10.5 Å². The third-order valence-electron chi connectivity index (χ3n) is 1.16. The molecule has 0 aliphatic carbocycles. The van der Waals surface area contributed by atoms with Crippen molar-refractivity contribution in [3.8, 4) is 0 Å². The zero-order valence-electron chi connectivity index (χ0n) is 5.08. The summed E-state index contributed by atoms with van der Waals surface area (Å²) < 4.78 is 4.94. The van der Waals surface area contributed by atoms with Crippen LogP contribution in [0.2, 0.25) is 0 Å². The molecule has 0 saturated carbocycles. The lowest BCUT2D eigenvalue weighted by Crippen LogP contribution is -2.24. The zero-order chi connectivity index (χ0) is 6.69. The second kappa shape index (κ2) is 2.51. The van der Waals surface area contributed by atoms with Gasteiger partial charge < -0.3 is 4.74 Å². The molecule has 1 rings (SSSR count). The maximum atomic E-state index is 5.48. The van der Waals surface area contributed by atoms with Gasteiger partial charge in [-0.2, -0.15) is 0 Å². The Bertz CT molecular complexity index is 170. The second-order valence-electron chi connectivity index (χ2n) is 1.76. The summed E-state index contributed by atoms with van der Waals surface area (Å²) in [5, 5.41) is 0. The van der Waals surface area contributed by atoms with Crippen LogP contribution < -0.4 is 5.73 Å². The minimum absolute atomic E-state index is 0.326. The molecular weight excluding hydrogens is 114 g/mol. The number of hydrogen-bond acceptors (Lipinski definition) is 2. The highest BCUT2D eigenvalue weighted by atomic mass is 16.5. The van der Waals surface area contributed by atoms with E-state index in [0.29, 0.717) is 0 Å². The molecule has 0 amide bonds. The largest absolute Gasteiger partial charge is 0.479 e. The van der Waals surface area contributed by atoms with Gasteiger partial charge in [-0.25, -0.2) is 0 Å². The van der Waals surface area contributed by atoms with Gasteiger partial charge in [0.25, 0.3) is 0 Å². The zero-order valence-corrected chi connectivity index (χ0v) is 5.08. The fourth-order valence-electron chi connectivity index (χ4n) is 0.638. The van der Waals surface area contributed by atoms with Gasteiger partial charge in [0.15, 0.2) is 6.23 Å². The fraction of sp³-hybridized carbons (Fsp3) is 0.143. The van der Waals surface area contributed by atoms with Crippen LogP contribution in [0.5, 0.6) is 0 Å². The standard InChI is InChI=1S/C7H9NO/c1-2-6-4-3-5-9-7(6)8/h2-5,7H,1,8H2.